The number of nitrogens with one attached hydrogen (secondary N) is 1. The molecule has 0 saturated carbocycles. The van der Waals surface area contributed by atoms with Crippen LogP contribution in [-0.2, 0) is 17.9 Å². The van der Waals surface area contributed by atoms with Crippen molar-refractivity contribution in [1.29, 1.82) is 0 Å². The Morgan fingerprint density at radius 2 is 1.82 bits per heavy atom. The Kier molecular flexibility index (Phi) is 5.12. The molecule has 0 aliphatic carbocycles. The van der Waals surface area contributed by atoms with Crippen LogP contribution in [-0.4, -0.2) is 36.1 Å². The van der Waals surface area contributed by atoms with E-state index in [4.69, 9.17) is 5.11 Å². The number of likely N-dealkylation sites (N-methyl/N-ethyl adjacent to an activating group) is 1. The number of amides is 1. The van der Waals surface area contributed by atoms with Gasteiger partial charge in [-0.25, -0.2) is 0 Å². The van der Waals surface area contributed by atoms with Crippen molar-refractivity contribution in [2.45, 2.75) is 26.1 Å². The maximum atomic E-state index is 11.6. The normalized spacial score (nSPS) is 12.2. The zero-order valence-corrected chi connectivity index (χ0v) is 10.6. The summed E-state index contributed by atoms with van der Waals surface area (Å²) in [6.07, 6.45) is 0. The fourth-order valence-electron chi connectivity index (χ4n) is 1.51. The molecule has 0 heterocycles. The van der Waals surface area contributed by atoms with Crippen LogP contribution in [0.3, 0.4) is 0 Å². The van der Waals surface area contributed by atoms with Crippen molar-refractivity contribution in [3.05, 3.63) is 35.4 Å². The average Bonchev–Trinajstić information content (AvgIpc) is 2.35. The lowest BCUT2D eigenvalue weighted by Gasteiger charge is -2.18. The van der Waals surface area contributed by atoms with Crippen molar-refractivity contribution in [1.82, 2.24) is 10.2 Å². The van der Waals surface area contributed by atoms with E-state index in [0.717, 1.165) is 11.1 Å². The second-order valence-corrected chi connectivity index (χ2v) is 4.31. The summed E-state index contributed by atoms with van der Waals surface area (Å²) >= 11 is 0. The van der Waals surface area contributed by atoms with E-state index in [1.54, 1.807) is 19.0 Å². The lowest BCUT2D eigenvalue weighted by molar-refractivity contribution is -0.130. The molecule has 1 aromatic carbocycles. The predicted octanol–water partition coefficient (Wildman–Crippen LogP) is 0.745. The Bertz CT molecular complexity index is 360. The standard InChI is InChI=1S/C13H20N2O2/c1-10(13(17)15(2)3)14-8-11-4-6-12(9-16)7-5-11/h4-7,10,14,16H,8-9H2,1-3H3. The molecule has 4 nitrogen and oxygen atoms in total. The van der Waals surface area contributed by atoms with Gasteiger partial charge >= 0.3 is 0 Å². The van der Waals surface area contributed by atoms with Crippen molar-refractivity contribution in [2.75, 3.05) is 14.1 Å². The highest BCUT2D eigenvalue weighted by atomic mass is 16.3. The maximum Gasteiger partial charge on any atom is 0.238 e. The largest absolute Gasteiger partial charge is 0.392 e. The fraction of sp³-hybridized carbons (Fsp3) is 0.462. The minimum atomic E-state index is -0.192. The summed E-state index contributed by atoms with van der Waals surface area (Å²) in [4.78, 5) is 13.2. The molecule has 0 aliphatic heterocycles. The quantitative estimate of drug-likeness (QED) is 0.793. The number of aliphatic hydroxyl groups excluding tert-OH is 1. The molecule has 0 fully saturated rings. The van der Waals surface area contributed by atoms with Crippen LogP contribution < -0.4 is 5.32 Å². The van der Waals surface area contributed by atoms with Crippen molar-refractivity contribution in [3.63, 3.8) is 0 Å². The van der Waals surface area contributed by atoms with Gasteiger partial charge in [0.1, 0.15) is 0 Å². The third-order valence-electron chi connectivity index (χ3n) is 2.63. The van der Waals surface area contributed by atoms with Gasteiger partial charge in [0.15, 0.2) is 0 Å². The molecule has 1 rings (SSSR count). The summed E-state index contributed by atoms with van der Waals surface area (Å²) in [5, 5.41) is 12.1. The molecule has 4 heteroatoms. The Morgan fingerprint density at radius 3 is 2.29 bits per heavy atom. The number of carbonyl (C=O) groups excluding carboxylic acids is 1. The van der Waals surface area contributed by atoms with Gasteiger partial charge in [0.25, 0.3) is 0 Å². The summed E-state index contributed by atoms with van der Waals surface area (Å²) in [5.41, 5.74) is 1.99. The van der Waals surface area contributed by atoms with Gasteiger partial charge in [-0.3, -0.25) is 4.79 Å². The van der Waals surface area contributed by atoms with Gasteiger partial charge in [0.05, 0.1) is 12.6 Å². The monoisotopic (exact) mass is 236 g/mol. The van der Waals surface area contributed by atoms with Gasteiger partial charge in [-0.2, -0.15) is 0 Å². The molecule has 0 saturated heterocycles. The van der Waals surface area contributed by atoms with E-state index in [0.29, 0.717) is 6.54 Å². The van der Waals surface area contributed by atoms with Gasteiger partial charge in [-0.1, -0.05) is 24.3 Å². The first kappa shape index (κ1) is 13.7. The summed E-state index contributed by atoms with van der Waals surface area (Å²) in [5.74, 6) is 0.0666. The van der Waals surface area contributed by atoms with Crippen molar-refractivity contribution in [2.24, 2.45) is 0 Å². The number of hydrogen-bond donors (Lipinski definition) is 2. The smallest absolute Gasteiger partial charge is 0.238 e. The van der Waals surface area contributed by atoms with Crippen LogP contribution in [0, 0.1) is 0 Å². The third kappa shape index (κ3) is 4.17. The topological polar surface area (TPSA) is 52.6 Å². The number of benzene rings is 1. The predicted molar refractivity (Wildman–Crippen MR) is 67.4 cm³/mol. The molecule has 0 aliphatic rings. The molecule has 0 bridgehead atoms. The lowest BCUT2D eigenvalue weighted by Crippen LogP contribution is -2.41. The average molecular weight is 236 g/mol. The second kappa shape index (κ2) is 6.37. The Hall–Kier alpha value is -1.39. The number of aliphatic hydroxyl groups is 1. The van der Waals surface area contributed by atoms with Crippen molar-refractivity contribution in [3.8, 4) is 0 Å². The molecule has 1 unspecified atom stereocenters. The number of hydrogen-bond acceptors (Lipinski definition) is 3. The zero-order valence-electron chi connectivity index (χ0n) is 10.6. The van der Waals surface area contributed by atoms with E-state index in [1.165, 1.54) is 0 Å². The van der Waals surface area contributed by atoms with Crippen LogP contribution in [0.25, 0.3) is 0 Å². The highest BCUT2D eigenvalue weighted by Crippen LogP contribution is 2.04. The van der Waals surface area contributed by atoms with E-state index in [2.05, 4.69) is 5.32 Å². The Balaban J connectivity index is 2.47. The van der Waals surface area contributed by atoms with Crippen LogP contribution in [0.5, 0.6) is 0 Å². The fourth-order valence-corrected chi connectivity index (χ4v) is 1.51. The van der Waals surface area contributed by atoms with E-state index in [-0.39, 0.29) is 18.6 Å². The molecule has 0 spiro atoms. The van der Waals surface area contributed by atoms with Crippen LogP contribution in [0.2, 0.25) is 0 Å². The molecular weight excluding hydrogens is 216 g/mol. The summed E-state index contributed by atoms with van der Waals surface area (Å²) in [6, 6.07) is 7.48. The highest BCUT2D eigenvalue weighted by Gasteiger charge is 2.13. The minimum absolute atomic E-state index is 0.0588. The van der Waals surface area contributed by atoms with E-state index in [9.17, 15) is 4.79 Å². The second-order valence-electron chi connectivity index (χ2n) is 4.31. The number of rotatable bonds is 5. The SMILES string of the molecule is CC(NCc1ccc(CO)cc1)C(=O)N(C)C. The van der Waals surface area contributed by atoms with Crippen LogP contribution >= 0.6 is 0 Å². The first-order valence-electron chi connectivity index (χ1n) is 5.68. The van der Waals surface area contributed by atoms with Crippen molar-refractivity contribution >= 4 is 5.91 Å². The molecule has 17 heavy (non-hydrogen) atoms. The Labute approximate surface area is 102 Å². The molecule has 1 amide bonds. The molecule has 2 N–H and O–H groups in total. The summed E-state index contributed by atoms with van der Waals surface area (Å²) in [7, 11) is 3.49. The summed E-state index contributed by atoms with van der Waals surface area (Å²) in [6.45, 7) is 2.56. The van der Waals surface area contributed by atoms with Gasteiger partial charge in [0, 0.05) is 20.6 Å². The minimum Gasteiger partial charge on any atom is -0.392 e. The molecular formula is C13H20N2O2. The maximum absolute atomic E-state index is 11.6. The van der Waals surface area contributed by atoms with Gasteiger partial charge in [0.2, 0.25) is 5.91 Å². The van der Waals surface area contributed by atoms with Crippen LogP contribution in [0.1, 0.15) is 18.1 Å². The summed E-state index contributed by atoms with van der Waals surface area (Å²) < 4.78 is 0. The molecule has 0 aromatic heterocycles. The van der Waals surface area contributed by atoms with Crippen molar-refractivity contribution < 1.29 is 9.90 Å². The van der Waals surface area contributed by atoms with Crippen LogP contribution in [0.4, 0.5) is 0 Å². The highest BCUT2D eigenvalue weighted by molar-refractivity contribution is 5.80. The van der Waals surface area contributed by atoms with E-state index < -0.39 is 0 Å². The zero-order chi connectivity index (χ0) is 12.8. The van der Waals surface area contributed by atoms with E-state index >= 15 is 0 Å². The molecule has 0 radical (unpaired) electrons. The van der Waals surface area contributed by atoms with E-state index in [1.807, 2.05) is 31.2 Å². The number of carbonyl (C=O) groups is 1. The van der Waals surface area contributed by atoms with Gasteiger partial charge in [-0.15, -0.1) is 0 Å². The van der Waals surface area contributed by atoms with Gasteiger partial charge < -0.3 is 15.3 Å². The lowest BCUT2D eigenvalue weighted by atomic mass is 10.1. The third-order valence-corrected chi connectivity index (χ3v) is 2.63. The first-order valence-corrected chi connectivity index (χ1v) is 5.68. The first-order chi connectivity index (χ1) is 8.04. The van der Waals surface area contributed by atoms with Gasteiger partial charge in [-0.05, 0) is 18.1 Å². The number of nitrogens with zero attached hydrogens (tertiary/aromatic N) is 1. The molecule has 94 valence electrons. The molecule has 1 aromatic rings. The van der Waals surface area contributed by atoms with Crippen LogP contribution in [0.15, 0.2) is 24.3 Å². The Morgan fingerprint density at radius 1 is 1.29 bits per heavy atom. The molecule has 1 atom stereocenters.